The molecule has 0 spiro atoms. The highest BCUT2D eigenvalue weighted by Gasteiger charge is 2.39. The Morgan fingerprint density at radius 1 is 1.12 bits per heavy atom. The predicted octanol–water partition coefficient (Wildman–Crippen LogP) is 6.22. The molecule has 0 radical (unpaired) electrons. The molecule has 43 heavy (non-hydrogen) atoms. The first-order chi connectivity index (χ1) is 20.4. The monoisotopic (exact) mass is 623 g/mol. The zero-order valence-electron chi connectivity index (χ0n) is 23.8. The van der Waals surface area contributed by atoms with Crippen molar-refractivity contribution >= 4 is 38.8 Å². The number of hydrogen-bond donors (Lipinski definition) is 1. The summed E-state index contributed by atoms with van der Waals surface area (Å²) in [6.45, 7) is 5.88. The Bertz CT molecular complexity index is 1480. The number of aromatic nitrogens is 1. The predicted molar refractivity (Wildman–Crippen MR) is 154 cm³/mol. The summed E-state index contributed by atoms with van der Waals surface area (Å²) in [5.41, 5.74) is -1.43. The molecule has 0 unspecified atom stereocenters. The Hall–Kier alpha value is -3.36. The van der Waals surface area contributed by atoms with E-state index in [1.165, 1.54) is 18.2 Å². The fourth-order valence-corrected chi connectivity index (χ4v) is 6.82. The highest BCUT2D eigenvalue weighted by Crippen LogP contribution is 2.38. The Morgan fingerprint density at radius 3 is 2.56 bits per heavy atom. The largest absolute Gasteiger partial charge is 0.423 e. The number of nitro groups is 1. The second-order valence-electron chi connectivity index (χ2n) is 11.3. The zero-order valence-corrected chi connectivity index (χ0v) is 24.6. The molecule has 1 amide bonds. The molecular formula is C29H33F4N5O4S. The molecule has 2 heterocycles. The molecule has 1 aromatic heterocycles. The summed E-state index contributed by atoms with van der Waals surface area (Å²) in [7, 11) is 0. The first kappa shape index (κ1) is 31.1. The molecule has 1 N–H and O–H groups in total. The quantitative estimate of drug-likeness (QED) is 0.181. The van der Waals surface area contributed by atoms with Crippen LogP contribution < -0.4 is 5.32 Å². The van der Waals surface area contributed by atoms with Crippen molar-refractivity contribution in [3.8, 4) is 0 Å². The number of benzene rings is 2. The number of fused-ring (bicyclic) bond motifs is 1. The number of nitrogens with one attached hydrogen (secondary N) is 1. The van der Waals surface area contributed by atoms with Crippen LogP contribution in [0.1, 0.15) is 50.1 Å². The fourth-order valence-electron chi connectivity index (χ4n) is 5.85. The minimum Gasteiger partial charge on any atom is -0.382 e. The van der Waals surface area contributed by atoms with Crippen LogP contribution in [0.25, 0.3) is 10.2 Å². The highest BCUT2D eigenvalue weighted by atomic mass is 32.1. The number of thiazole rings is 1. The molecule has 1 saturated carbocycles. The van der Waals surface area contributed by atoms with E-state index in [9.17, 15) is 32.5 Å². The van der Waals surface area contributed by atoms with Crippen molar-refractivity contribution in [3.05, 3.63) is 62.9 Å². The number of carbonyl (C=O) groups excluding carboxylic acids is 1. The first-order valence-electron chi connectivity index (χ1n) is 14.2. The van der Waals surface area contributed by atoms with E-state index in [4.69, 9.17) is 4.74 Å². The van der Waals surface area contributed by atoms with Gasteiger partial charge in [-0.25, -0.2) is 9.37 Å². The van der Waals surface area contributed by atoms with Crippen LogP contribution in [0.4, 0.5) is 28.9 Å². The number of alkyl halides is 3. The molecule has 0 bridgehead atoms. The van der Waals surface area contributed by atoms with Gasteiger partial charge in [-0.15, -0.1) is 11.3 Å². The van der Waals surface area contributed by atoms with Crippen LogP contribution in [0.15, 0.2) is 36.4 Å². The van der Waals surface area contributed by atoms with Crippen molar-refractivity contribution in [2.45, 2.75) is 76.5 Å². The lowest BCUT2D eigenvalue weighted by Crippen LogP contribution is -2.58. The van der Waals surface area contributed by atoms with Gasteiger partial charge in [-0.1, -0.05) is 0 Å². The maximum atomic E-state index is 13.5. The Balaban J connectivity index is 1.08. The van der Waals surface area contributed by atoms with E-state index in [-0.39, 0.29) is 48.2 Å². The first-order valence-corrected chi connectivity index (χ1v) is 15.0. The minimum atomic E-state index is -4.84. The van der Waals surface area contributed by atoms with Gasteiger partial charge in [0.2, 0.25) is 5.91 Å². The SMILES string of the molecule is C[C@@H]1CN(Cc2nc3cc(F)ccc3s2)[C@@H](C)CN1C(=O)COC1CCC(Nc2ccc([N+](=O)[O-])c(C(F)(F)F)c2)CC1. The van der Waals surface area contributed by atoms with E-state index < -0.39 is 22.4 Å². The average molecular weight is 624 g/mol. The molecule has 14 heteroatoms. The van der Waals surface area contributed by atoms with Crippen molar-refractivity contribution in [2.24, 2.45) is 0 Å². The number of piperazine rings is 1. The third kappa shape index (κ3) is 7.42. The van der Waals surface area contributed by atoms with Crippen LogP contribution in [0.3, 0.4) is 0 Å². The molecule has 1 aliphatic heterocycles. The van der Waals surface area contributed by atoms with Gasteiger partial charge in [0.05, 0.1) is 27.8 Å². The van der Waals surface area contributed by atoms with E-state index in [2.05, 4.69) is 22.1 Å². The summed E-state index contributed by atoms with van der Waals surface area (Å²) in [5, 5.41) is 15.0. The van der Waals surface area contributed by atoms with Crippen LogP contribution in [0, 0.1) is 15.9 Å². The topological polar surface area (TPSA) is 101 Å². The molecule has 1 saturated heterocycles. The Kier molecular flexibility index (Phi) is 9.18. The standard InChI is InChI=1S/C29H33F4N5O4S/c1-17-14-37(18(2)13-36(17)15-27-35-24-11-19(30)3-10-26(24)43-27)28(39)16-42-22-7-4-20(5-8-22)34-21-6-9-25(38(40)41)23(12-21)29(31,32)33/h3,6,9-12,17-18,20,22,34H,4-5,7-8,13-16H2,1-2H3/t17-,18+,20?,22?/m0/s1. The second kappa shape index (κ2) is 12.7. The van der Waals surface area contributed by atoms with Gasteiger partial charge >= 0.3 is 6.18 Å². The number of ether oxygens (including phenoxy) is 1. The van der Waals surface area contributed by atoms with Crippen molar-refractivity contribution < 1.29 is 32.0 Å². The van der Waals surface area contributed by atoms with Crippen molar-refractivity contribution in [2.75, 3.05) is 25.0 Å². The van der Waals surface area contributed by atoms with E-state index in [0.29, 0.717) is 50.8 Å². The molecule has 2 aromatic carbocycles. The van der Waals surface area contributed by atoms with Gasteiger partial charge < -0.3 is 15.0 Å². The summed E-state index contributed by atoms with van der Waals surface area (Å²) in [6, 6.07) is 7.51. The maximum absolute atomic E-state index is 13.5. The van der Waals surface area contributed by atoms with Gasteiger partial charge in [0, 0.05) is 49.0 Å². The van der Waals surface area contributed by atoms with Gasteiger partial charge in [-0.3, -0.25) is 19.8 Å². The van der Waals surface area contributed by atoms with Gasteiger partial charge in [0.1, 0.15) is 23.0 Å². The molecule has 3 aromatic rings. The smallest absolute Gasteiger partial charge is 0.382 e. The van der Waals surface area contributed by atoms with E-state index in [1.807, 2.05) is 11.8 Å². The molecule has 1 aliphatic carbocycles. The number of amides is 1. The van der Waals surface area contributed by atoms with Crippen molar-refractivity contribution in [1.82, 2.24) is 14.8 Å². The second-order valence-corrected chi connectivity index (χ2v) is 12.4. The molecule has 232 valence electrons. The summed E-state index contributed by atoms with van der Waals surface area (Å²) in [5.74, 6) is -0.393. The number of anilines is 1. The fraction of sp³-hybridized carbons (Fsp3) is 0.517. The van der Waals surface area contributed by atoms with Crippen molar-refractivity contribution in [1.29, 1.82) is 0 Å². The van der Waals surface area contributed by atoms with E-state index >= 15 is 0 Å². The summed E-state index contributed by atoms with van der Waals surface area (Å²) in [4.78, 5) is 31.8. The molecule has 2 fully saturated rings. The van der Waals surface area contributed by atoms with E-state index in [1.54, 1.807) is 17.4 Å². The Morgan fingerprint density at radius 2 is 1.86 bits per heavy atom. The number of hydrogen-bond acceptors (Lipinski definition) is 8. The van der Waals surface area contributed by atoms with Crippen LogP contribution in [-0.2, 0) is 22.3 Å². The lowest BCUT2D eigenvalue weighted by Gasteiger charge is -2.44. The summed E-state index contributed by atoms with van der Waals surface area (Å²) < 4.78 is 60.4. The number of rotatable bonds is 8. The maximum Gasteiger partial charge on any atom is 0.423 e. The molecule has 9 nitrogen and oxygen atoms in total. The normalized spacial score (nSPS) is 23.4. The molecule has 2 aliphatic rings. The number of nitrogens with zero attached hydrogens (tertiary/aromatic N) is 4. The molecule has 5 rings (SSSR count). The van der Waals surface area contributed by atoms with Crippen LogP contribution >= 0.6 is 11.3 Å². The zero-order chi connectivity index (χ0) is 30.9. The van der Waals surface area contributed by atoms with Crippen LogP contribution in [0.2, 0.25) is 0 Å². The summed E-state index contributed by atoms with van der Waals surface area (Å²) in [6.07, 6.45) is -2.45. The third-order valence-corrected chi connectivity index (χ3v) is 9.17. The highest BCUT2D eigenvalue weighted by molar-refractivity contribution is 7.18. The molecular weight excluding hydrogens is 590 g/mol. The Labute approximate surface area is 250 Å². The van der Waals surface area contributed by atoms with Gasteiger partial charge in [-0.05, 0) is 63.8 Å². The minimum absolute atomic E-state index is 0.0256. The van der Waals surface area contributed by atoms with Gasteiger partial charge in [0.15, 0.2) is 0 Å². The number of carbonyl (C=O) groups is 1. The number of halogens is 4. The van der Waals surface area contributed by atoms with Crippen LogP contribution in [-0.4, -0.2) is 69.5 Å². The van der Waals surface area contributed by atoms with Gasteiger partial charge in [0.25, 0.3) is 5.69 Å². The van der Waals surface area contributed by atoms with Crippen LogP contribution in [0.5, 0.6) is 0 Å². The molecule has 2 atom stereocenters. The van der Waals surface area contributed by atoms with Crippen molar-refractivity contribution in [3.63, 3.8) is 0 Å². The summed E-state index contributed by atoms with van der Waals surface area (Å²) >= 11 is 1.54. The number of nitro benzene ring substituents is 1. The van der Waals surface area contributed by atoms with E-state index in [0.717, 1.165) is 21.8 Å². The average Bonchev–Trinajstić information content (AvgIpc) is 3.35. The van der Waals surface area contributed by atoms with Gasteiger partial charge in [-0.2, -0.15) is 13.2 Å². The third-order valence-electron chi connectivity index (χ3n) is 8.15. The lowest BCUT2D eigenvalue weighted by molar-refractivity contribution is -0.388. The lowest BCUT2D eigenvalue weighted by atomic mass is 9.92.